The zero-order chi connectivity index (χ0) is 11.3. The summed E-state index contributed by atoms with van der Waals surface area (Å²) < 4.78 is 0. The molecule has 1 aliphatic rings. The topological polar surface area (TPSA) is 44.9 Å². The molecule has 0 aromatic rings. The lowest BCUT2D eigenvalue weighted by atomic mass is 10.1. The monoisotopic (exact) mass is 212 g/mol. The molecule has 1 rings (SSSR count). The van der Waals surface area contributed by atoms with Crippen LogP contribution in [0, 0.1) is 0 Å². The zero-order valence-electron chi connectivity index (χ0n) is 10.2. The van der Waals surface area contributed by atoms with E-state index in [1.165, 1.54) is 0 Å². The average molecular weight is 212 g/mol. The second-order valence-electron chi connectivity index (χ2n) is 4.47. The smallest absolute Gasteiger partial charge is 0.0953 e. The lowest BCUT2D eigenvalue weighted by Gasteiger charge is -2.37. The molecule has 1 unspecified atom stereocenters. The number of nitrogens with two attached hydrogens (primary N) is 1. The van der Waals surface area contributed by atoms with Gasteiger partial charge in [-0.3, -0.25) is 4.99 Å². The van der Waals surface area contributed by atoms with E-state index in [-0.39, 0.29) is 0 Å². The fraction of sp³-hybridized carbons (Fsp3) is 0.909. The molecule has 4 nitrogen and oxygen atoms in total. The van der Waals surface area contributed by atoms with Crippen molar-refractivity contribution in [2.45, 2.75) is 25.8 Å². The first kappa shape index (κ1) is 12.5. The Hall–Kier alpha value is -0.610. The Labute approximate surface area is 93.1 Å². The number of hydrogen-bond acceptors (Lipinski definition) is 3. The summed E-state index contributed by atoms with van der Waals surface area (Å²) in [5.74, 6) is 0.809. The third-order valence-corrected chi connectivity index (χ3v) is 2.96. The van der Waals surface area contributed by atoms with Crippen molar-refractivity contribution in [3.05, 3.63) is 0 Å². The Kier molecular flexibility index (Phi) is 5.05. The van der Waals surface area contributed by atoms with E-state index in [0.717, 1.165) is 44.9 Å². The summed E-state index contributed by atoms with van der Waals surface area (Å²) in [6, 6.07) is 0.532. The summed E-state index contributed by atoms with van der Waals surface area (Å²) in [5.41, 5.74) is 5.90. The first-order valence-electron chi connectivity index (χ1n) is 5.81. The molecule has 0 bridgehead atoms. The van der Waals surface area contributed by atoms with Gasteiger partial charge in [0.1, 0.15) is 0 Å². The average Bonchev–Trinajstić information content (AvgIpc) is 2.20. The molecule has 0 saturated carbocycles. The molecule has 0 radical (unpaired) electrons. The summed E-state index contributed by atoms with van der Waals surface area (Å²) in [7, 11) is 4.34. The first-order chi connectivity index (χ1) is 7.13. The predicted molar refractivity (Wildman–Crippen MR) is 65.3 cm³/mol. The molecule has 0 spiro atoms. The lowest BCUT2D eigenvalue weighted by Crippen LogP contribution is -2.51. The third kappa shape index (κ3) is 4.18. The van der Waals surface area contributed by atoms with Crippen LogP contribution in [0.5, 0.6) is 0 Å². The molecule has 1 fully saturated rings. The molecule has 1 heterocycles. The maximum atomic E-state index is 5.90. The van der Waals surface area contributed by atoms with Crippen LogP contribution in [-0.4, -0.2) is 62.0 Å². The molecule has 1 saturated heterocycles. The van der Waals surface area contributed by atoms with Crippen LogP contribution in [-0.2, 0) is 0 Å². The van der Waals surface area contributed by atoms with Crippen LogP contribution in [0.2, 0.25) is 0 Å². The highest BCUT2D eigenvalue weighted by Gasteiger charge is 2.22. The number of likely N-dealkylation sites (N-methyl/N-ethyl adjacent to an activating group) is 2. The van der Waals surface area contributed by atoms with Gasteiger partial charge in [-0.05, 0) is 20.5 Å². The lowest BCUT2D eigenvalue weighted by molar-refractivity contribution is 0.118. The Balaban J connectivity index is 2.41. The van der Waals surface area contributed by atoms with Crippen molar-refractivity contribution in [2.24, 2.45) is 10.7 Å². The quantitative estimate of drug-likeness (QED) is 0.541. The van der Waals surface area contributed by atoms with E-state index in [1.54, 1.807) is 0 Å². The van der Waals surface area contributed by atoms with Crippen molar-refractivity contribution in [3.63, 3.8) is 0 Å². The van der Waals surface area contributed by atoms with Crippen LogP contribution in [0.25, 0.3) is 0 Å². The van der Waals surface area contributed by atoms with E-state index in [9.17, 15) is 0 Å². The minimum absolute atomic E-state index is 0.532. The maximum absolute atomic E-state index is 5.90. The molecule has 0 amide bonds. The molecule has 0 aromatic heterocycles. The van der Waals surface area contributed by atoms with E-state index in [2.05, 4.69) is 35.8 Å². The second kappa shape index (κ2) is 6.08. The highest BCUT2D eigenvalue weighted by atomic mass is 15.3. The van der Waals surface area contributed by atoms with Crippen LogP contribution in [0.1, 0.15) is 19.8 Å². The molecule has 1 aliphatic heterocycles. The van der Waals surface area contributed by atoms with Crippen molar-refractivity contribution in [1.29, 1.82) is 0 Å². The van der Waals surface area contributed by atoms with E-state index in [4.69, 9.17) is 5.73 Å². The predicted octanol–water partition coefficient (Wildman–Crippen LogP) is 0.390. The van der Waals surface area contributed by atoms with Crippen LogP contribution in [0.4, 0.5) is 0 Å². The molecule has 88 valence electrons. The van der Waals surface area contributed by atoms with Crippen molar-refractivity contribution in [1.82, 2.24) is 9.80 Å². The molecule has 0 aromatic carbocycles. The number of piperazine rings is 1. The first-order valence-corrected chi connectivity index (χ1v) is 5.81. The number of hydrogen-bond donors (Lipinski definition) is 1. The normalized spacial score (nSPS) is 25.8. The van der Waals surface area contributed by atoms with E-state index in [1.807, 2.05) is 0 Å². The van der Waals surface area contributed by atoms with Crippen LogP contribution in [0.15, 0.2) is 4.99 Å². The SMILES string of the molecule is CCCN=C(N)CC1CN(C)CCN1C. The summed E-state index contributed by atoms with van der Waals surface area (Å²) in [4.78, 5) is 9.09. The molecule has 2 N–H and O–H groups in total. The standard InChI is InChI=1S/C11H24N4/c1-4-5-13-11(12)8-10-9-14(2)6-7-15(10)3/h10H,4-9H2,1-3H3,(H2,12,13). The molecule has 4 heteroatoms. The Morgan fingerprint density at radius 1 is 1.40 bits per heavy atom. The van der Waals surface area contributed by atoms with Gasteiger partial charge in [0.25, 0.3) is 0 Å². The summed E-state index contributed by atoms with van der Waals surface area (Å²) in [6.07, 6.45) is 1.97. The van der Waals surface area contributed by atoms with Crippen molar-refractivity contribution in [2.75, 3.05) is 40.3 Å². The maximum Gasteiger partial charge on any atom is 0.0953 e. The van der Waals surface area contributed by atoms with E-state index < -0.39 is 0 Å². The molecular weight excluding hydrogens is 188 g/mol. The minimum atomic E-state index is 0.532. The van der Waals surface area contributed by atoms with Crippen molar-refractivity contribution in [3.8, 4) is 0 Å². The van der Waals surface area contributed by atoms with Gasteiger partial charge in [0.05, 0.1) is 5.84 Å². The fourth-order valence-corrected chi connectivity index (χ4v) is 1.88. The Morgan fingerprint density at radius 2 is 2.13 bits per heavy atom. The number of aliphatic imine (C=N–C) groups is 1. The van der Waals surface area contributed by atoms with Gasteiger partial charge in [0.2, 0.25) is 0 Å². The van der Waals surface area contributed by atoms with Crippen LogP contribution < -0.4 is 5.73 Å². The Bertz CT molecular complexity index is 215. The largest absolute Gasteiger partial charge is 0.387 e. The Morgan fingerprint density at radius 3 is 2.80 bits per heavy atom. The van der Waals surface area contributed by atoms with Gasteiger partial charge in [-0.1, -0.05) is 6.92 Å². The molecule has 0 aliphatic carbocycles. The van der Waals surface area contributed by atoms with Gasteiger partial charge in [-0.2, -0.15) is 0 Å². The molecule has 1 atom stereocenters. The molecular formula is C11H24N4. The van der Waals surface area contributed by atoms with Gasteiger partial charge in [0.15, 0.2) is 0 Å². The van der Waals surface area contributed by atoms with Crippen LogP contribution in [0.3, 0.4) is 0 Å². The number of rotatable bonds is 4. The van der Waals surface area contributed by atoms with Gasteiger partial charge < -0.3 is 15.5 Å². The highest BCUT2D eigenvalue weighted by Crippen LogP contribution is 2.09. The second-order valence-corrected chi connectivity index (χ2v) is 4.47. The molecule has 15 heavy (non-hydrogen) atoms. The van der Waals surface area contributed by atoms with Gasteiger partial charge in [-0.15, -0.1) is 0 Å². The van der Waals surface area contributed by atoms with Crippen molar-refractivity contribution < 1.29 is 0 Å². The van der Waals surface area contributed by atoms with Crippen molar-refractivity contribution >= 4 is 5.84 Å². The number of amidine groups is 1. The fourth-order valence-electron chi connectivity index (χ4n) is 1.88. The van der Waals surface area contributed by atoms with E-state index in [0.29, 0.717) is 6.04 Å². The summed E-state index contributed by atoms with van der Waals surface area (Å²) in [6.45, 7) is 6.36. The summed E-state index contributed by atoms with van der Waals surface area (Å²) in [5, 5.41) is 0. The number of nitrogens with zero attached hydrogens (tertiary/aromatic N) is 3. The van der Waals surface area contributed by atoms with Gasteiger partial charge in [-0.25, -0.2) is 0 Å². The van der Waals surface area contributed by atoms with E-state index >= 15 is 0 Å². The minimum Gasteiger partial charge on any atom is -0.387 e. The van der Waals surface area contributed by atoms with Gasteiger partial charge in [0, 0.05) is 38.6 Å². The third-order valence-electron chi connectivity index (χ3n) is 2.96. The zero-order valence-corrected chi connectivity index (χ0v) is 10.2. The summed E-state index contributed by atoms with van der Waals surface area (Å²) >= 11 is 0. The van der Waals surface area contributed by atoms with Gasteiger partial charge >= 0.3 is 0 Å². The highest BCUT2D eigenvalue weighted by molar-refractivity contribution is 5.80. The van der Waals surface area contributed by atoms with Crippen LogP contribution >= 0.6 is 0 Å².